The molecule has 4 rings (SSSR count). The number of piperidine rings is 1. The van der Waals surface area contributed by atoms with Gasteiger partial charge in [0.05, 0.1) is 6.20 Å². The third-order valence-corrected chi connectivity index (χ3v) is 5.18. The van der Waals surface area contributed by atoms with E-state index in [1.807, 2.05) is 11.1 Å². The van der Waals surface area contributed by atoms with Gasteiger partial charge in [-0.05, 0) is 37.5 Å². The number of likely N-dealkylation sites (tertiary alicyclic amines) is 1. The molecule has 1 saturated heterocycles. The minimum Gasteiger partial charge on any atom is -0.384 e. The van der Waals surface area contributed by atoms with Gasteiger partial charge in [-0.1, -0.05) is 29.8 Å². The molecule has 0 aliphatic carbocycles. The summed E-state index contributed by atoms with van der Waals surface area (Å²) in [6, 6.07) is 11.8. The molecule has 0 bridgehead atoms. The molecule has 6 nitrogen and oxygen atoms in total. The van der Waals surface area contributed by atoms with Crippen LogP contribution in [0.5, 0.6) is 0 Å². The summed E-state index contributed by atoms with van der Waals surface area (Å²) < 4.78 is 0. The number of nitrogen functional groups attached to an aromatic ring is 1. The third-order valence-electron chi connectivity index (χ3n) is 5.18. The van der Waals surface area contributed by atoms with E-state index in [9.17, 15) is 4.79 Å². The monoisotopic (exact) mass is 361 g/mol. The summed E-state index contributed by atoms with van der Waals surface area (Å²) in [5.41, 5.74) is 10.9. The molecular weight excluding hydrogens is 338 g/mol. The number of nitrogens with zero attached hydrogens (tertiary/aromatic N) is 3. The minimum atomic E-state index is 0.00482. The second-order valence-electron chi connectivity index (χ2n) is 7.12. The van der Waals surface area contributed by atoms with Gasteiger partial charge in [-0.15, -0.1) is 0 Å². The topological polar surface area (TPSA) is 87.9 Å². The van der Waals surface area contributed by atoms with Gasteiger partial charge in [-0.3, -0.25) is 9.89 Å². The molecule has 27 heavy (non-hydrogen) atoms. The van der Waals surface area contributed by atoms with Gasteiger partial charge in [0.25, 0.3) is 5.91 Å². The number of H-pyrrole nitrogens is 1. The minimum absolute atomic E-state index is 0.00482. The summed E-state index contributed by atoms with van der Waals surface area (Å²) in [6.07, 6.45) is 5.45. The van der Waals surface area contributed by atoms with Crippen molar-refractivity contribution in [2.45, 2.75) is 25.7 Å². The SMILES string of the molecule is Cc1ccc(-c2cn[nH]c2C2CCCN(C(=O)c3ccnc(N)c3)C2)cc1. The summed E-state index contributed by atoms with van der Waals surface area (Å²) in [5, 5.41) is 7.46. The normalized spacial score (nSPS) is 17.1. The highest BCUT2D eigenvalue weighted by atomic mass is 16.2. The van der Waals surface area contributed by atoms with Crippen LogP contribution in [0.1, 0.15) is 40.4 Å². The molecule has 1 unspecified atom stereocenters. The van der Waals surface area contributed by atoms with Crippen LogP contribution in [0, 0.1) is 6.92 Å². The number of benzene rings is 1. The number of carbonyl (C=O) groups excluding carboxylic acids is 1. The quantitative estimate of drug-likeness (QED) is 0.748. The van der Waals surface area contributed by atoms with Gasteiger partial charge < -0.3 is 10.6 Å². The molecule has 1 aromatic carbocycles. The third kappa shape index (κ3) is 3.56. The lowest BCUT2D eigenvalue weighted by Gasteiger charge is -2.33. The van der Waals surface area contributed by atoms with E-state index < -0.39 is 0 Å². The smallest absolute Gasteiger partial charge is 0.254 e. The first-order chi connectivity index (χ1) is 13.1. The molecule has 3 heterocycles. The van der Waals surface area contributed by atoms with E-state index >= 15 is 0 Å². The van der Waals surface area contributed by atoms with Crippen LogP contribution in [0.2, 0.25) is 0 Å². The lowest BCUT2D eigenvalue weighted by atomic mass is 9.90. The Labute approximate surface area is 158 Å². The van der Waals surface area contributed by atoms with Crippen molar-refractivity contribution in [3.8, 4) is 11.1 Å². The van der Waals surface area contributed by atoms with E-state index in [0.29, 0.717) is 17.9 Å². The standard InChI is InChI=1S/C21H23N5O/c1-14-4-6-15(7-5-14)18-12-24-25-20(18)17-3-2-10-26(13-17)21(27)16-8-9-23-19(22)11-16/h4-9,11-12,17H,2-3,10,13H2,1H3,(H2,22,23)(H,24,25). The molecule has 2 aromatic heterocycles. The zero-order valence-electron chi connectivity index (χ0n) is 15.4. The van der Waals surface area contributed by atoms with Crippen molar-refractivity contribution >= 4 is 11.7 Å². The van der Waals surface area contributed by atoms with Gasteiger partial charge in [0, 0.05) is 42.0 Å². The maximum atomic E-state index is 12.9. The van der Waals surface area contributed by atoms with Crippen LogP contribution in [0.25, 0.3) is 11.1 Å². The Morgan fingerprint density at radius 2 is 2.07 bits per heavy atom. The van der Waals surface area contributed by atoms with Crippen LogP contribution in [-0.4, -0.2) is 39.1 Å². The number of nitrogens with two attached hydrogens (primary N) is 1. The molecular formula is C21H23N5O. The number of anilines is 1. The Hall–Kier alpha value is -3.15. The van der Waals surface area contributed by atoms with Gasteiger partial charge in [0.1, 0.15) is 5.82 Å². The molecule has 1 amide bonds. The number of carbonyl (C=O) groups is 1. The first-order valence-electron chi connectivity index (χ1n) is 9.23. The highest BCUT2D eigenvalue weighted by molar-refractivity contribution is 5.94. The van der Waals surface area contributed by atoms with Crippen LogP contribution in [-0.2, 0) is 0 Å². The first kappa shape index (κ1) is 17.3. The van der Waals surface area contributed by atoms with E-state index in [4.69, 9.17) is 5.73 Å². The number of aromatic nitrogens is 3. The van der Waals surface area contributed by atoms with E-state index in [2.05, 4.69) is 46.4 Å². The zero-order chi connectivity index (χ0) is 18.8. The van der Waals surface area contributed by atoms with Gasteiger partial charge >= 0.3 is 0 Å². The van der Waals surface area contributed by atoms with Crippen molar-refractivity contribution in [3.05, 3.63) is 65.6 Å². The Balaban J connectivity index is 1.56. The van der Waals surface area contributed by atoms with Crippen molar-refractivity contribution in [2.75, 3.05) is 18.8 Å². The van der Waals surface area contributed by atoms with Crippen molar-refractivity contribution in [1.82, 2.24) is 20.1 Å². The summed E-state index contributed by atoms with van der Waals surface area (Å²) in [6.45, 7) is 3.50. The molecule has 138 valence electrons. The maximum absolute atomic E-state index is 12.9. The molecule has 1 aliphatic heterocycles. The number of aryl methyl sites for hydroxylation is 1. The molecule has 0 radical (unpaired) electrons. The average molecular weight is 361 g/mol. The number of nitrogens with one attached hydrogen (secondary N) is 1. The Morgan fingerprint density at radius 3 is 2.85 bits per heavy atom. The molecule has 0 saturated carbocycles. The number of hydrogen-bond acceptors (Lipinski definition) is 4. The van der Waals surface area contributed by atoms with Crippen LogP contribution in [0.4, 0.5) is 5.82 Å². The second-order valence-corrected chi connectivity index (χ2v) is 7.12. The molecule has 3 aromatic rings. The first-order valence-corrected chi connectivity index (χ1v) is 9.23. The second kappa shape index (κ2) is 7.23. The van der Waals surface area contributed by atoms with Crippen molar-refractivity contribution in [2.24, 2.45) is 0 Å². The average Bonchev–Trinajstić information content (AvgIpc) is 3.18. The largest absolute Gasteiger partial charge is 0.384 e. The summed E-state index contributed by atoms with van der Waals surface area (Å²) >= 11 is 0. The van der Waals surface area contributed by atoms with Crippen molar-refractivity contribution < 1.29 is 4.79 Å². The lowest BCUT2D eigenvalue weighted by Crippen LogP contribution is -2.39. The Bertz CT molecular complexity index is 947. The highest BCUT2D eigenvalue weighted by Gasteiger charge is 2.28. The predicted octanol–water partition coefficient (Wildman–Crippen LogP) is 3.38. The number of hydrogen-bond donors (Lipinski definition) is 2. The van der Waals surface area contributed by atoms with Crippen molar-refractivity contribution in [1.29, 1.82) is 0 Å². The summed E-state index contributed by atoms with van der Waals surface area (Å²) in [7, 11) is 0. The lowest BCUT2D eigenvalue weighted by molar-refractivity contribution is 0.0706. The predicted molar refractivity (Wildman–Crippen MR) is 105 cm³/mol. The van der Waals surface area contributed by atoms with E-state index in [-0.39, 0.29) is 11.8 Å². The molecule has 1 atom stereocenters. The fourth-order valence-corrected chi connectivity index (χ4v) is 3.73. The van der Waals surface area contributed by atoms with Crippen LogP contribution < -0.4 is 5.73 Å². The van der Waals surface area contributed by atoms with Gasteiger partial charge in [0.15, 0.2) is 0 Å². The molecule has 0 spiro atoms. The van der Waals surface area contributed by atoms with Crippen molar-refractivity contribution in [3.63, 3.8) is 0 Å². The van der Waals surface area contributed by atoms with Gasteiger partial charge in [-0.25, -0.2) is 4.98 Å². The number of rotatable bonds is 3. The fourth-order valence-electron chi connectivity index (χ4n) is 3.73. The maximum Gasteiger partial charge on any atom is 0.254 e. The highest BCUT2D eigenvalue weighted by Crippen LogP contribution is 2.33. The Morgan fingerprint density at radius 1 is 1.26 bits per heavy atom. The fraction of sp³-hybridized carbons (Fsp3) is 0.286. The van der Waals surface area contributed by atoms with E-state index in [0.717, 1.165) is 36.2 Å². The zero-order valence-corrected chi connectivity index (χ0v) is 15.4. The van der Waals surface area contributed by atoms with Gasteiger partial charge in [-0.2, -0.15) is 5.10 Å². The van der Waals surface area contributed by atoms with Crippen LogP contribution in [0.15, 0.2) is 48.8 Å². The van der Waals surface area contributed by atoms with E-state index in [1.165, 1.54) is 5.56 Å². The molecule has 6 heteroatoms. The van der Waals surface area contributed by atoms with Gasteiger partial charge in [0.2, 0.25) is 0 Å². The van der Waals surface area contributed by atoms with E-state index in [1.54, 1.807) is 18.3 Å². The Kier molecular flexibility index (Phi) is 4.62. The van der Waals surface area contributed by atoms with Crippen LogP contribution in [0.3, 0.4) is 0 Å². The summed E-state index contributed by atoms with van der Waals surface area (Å²) in [5.74, 6) is 0.607. The number of aromatic amines is 1. The number of amides is 1. The molecule has 1 fully saturated rings. The van der Waals surface area contributed by atoms with Crippen LogP contribution >= 0.6 is 0 Å². The number of pyridine rings is 1. The molecule has 1 aliphatic rings. The molecule has 3 N–H and O–H groups in total. The summed E-state index contributed by atoms with van der Waals surface area (Å²) in [4.78, 5) is 18.7.